The number of anilines is 1. The summed E-state index contributed by atoms with van der Waals surface area (Å²) in [5, 5.41) is 5.23. The molecule has 0 aliphatic heterocycles. The highest BCUT2D eigenvalue weighted by Crippen LogP contribution is 2.53. The van der Waals surface area contributed by atoms with E-state index in [0.717, 1.165) is 23.3 Å². The van der Waals surface area contributed by atoms with Gasteiger partial charge in [0.15, 0.2) is 11.6 Å². The molecule has 2 unspecified atom stereocenters. The van der Waals surface area contributed by atoms with Crippen LogP contribution in [0.3, 0.4) is 0 Å². The van der Waals surface area contributed by atoms with Crippen LogP contribution in [0.5, 0.6) is 11.5 Å². The smallest absolute Gasteiger partial charge is 0.419 e. The third-order valence-corrected chi connectivity index (χ3v) is 7.97. The van der Waals surface area contributed by atoms with Crippen LogP contribution >= 0.6 is 0 Å². The number of fused-ring (bicyclic) bond motifs is 2. The SMILES string of the molecule is COc1ccc(/C=C2\C3CCC2[C@H](C(=O)Nc2ccc(F)c(C(F)(F)F)c2)[C@@H]3NC(=O)c2cc(F)c(F)cc2OC)cc1. The molecule has 226 valence electrons. The number of benzene rings is 3. The average molecular weight is 605 g/mol. The van der Waals surface area contributed by atoms with E-state index in [4.69, 9.17) is 9.47 Å². The van der Waals surface area contributed by atoms with E-state index in [2.05, 4.69) is 10.6 Å². The first-order valence-corrected chi connectivity index (χ1v) is 13.3. The Morgan fingerprint density at radius 1 is 0.860 bits per heavy atom. The van der Waals surface area contributed by atoms with Crippen LogP contribution < -0.4 is 20.1 Å². The molecule has 3 aromatic carbocycles. The van der Waals surface area contributed by atoms with Crippen molar-refractivity contribution in [2.45, 2.75) is 25.1 Å². The number of halogens is 6. The van der Waals surface area contributed by atoms with Gasteiger partial charge in [-0.05, 0) is 60.7 Å². The summed E-state index contributed by atoms with van der Waals surface area (Å²) in [5.74, 6) is -6.75. The molecule has 2 saturated carbocycles. The summed E-state index contributed by atoms with van der Waals surface area (Å²) in [6.07, 6.45) is -1.94. The summed E-state index contributed by atoms with van der Waals surface area (Å²) >= 11 is 0. The zero-order valence-electron chi connectivity index (χ0n) is 22.9. The molecule has 2 fully saturated rings. The van der Waals surface area contributed by atoms with Crippen LogP contribution in [0.25, 0.3) is 6.08 Å². The summed E-state index contributed by atoms with van der Waals surface area (Å²) in [4.78, 5) is 27.0. The van der Waals surface area contributed by atoms with Gasteiger partial charge in [-0.1, -0.05) is 23.8 Å². The molecular weight excluding hydrogens is 578 g/mol. The molecule has 4 atom stereocenters. The Bertz CT molecular complexity index is 1590. The number of alkyl halides is 3. The number of nitrogens with one attached hydrogen (secondary N) is 2. The number of ether oxygens (including phenoxy) is 2. The van der Waals surface area contributed by atoms with Gasteiger partial charge in [-0.3, -0.25) is 9.59 Å². The van der Waals surface area contributed by atoms with Crippen molar-refractivity contribution in [3.8, 4) is 11.5 Å². The summed E-state index contributed by atoms with van der Waals surface area (Å²) in [7, 11) is 2.72. The van der Waals surface area contributed by atoms with Crippen molar-refractivity contribution < 1.29 is 45.4 Å². The number of amides is 2. The summed E-state index contributed by atoms with van der Waals surface area (Å²) in [6, 6.07) is 9.86. The van der Waals surface area contributed by atoms with Crippen LogP contribution in [0.2, 0.25) is 0 Å². The molecule has 43 heavy (non-hydrogen) atoms. The van der Waals surface area contributed by atoms with E-state index < -0.39 is 58.9 Å². The molecule has 0 spiro atoms. The van der Waals surface area contributed by atoms with Crippen LogP contribution in [-0.4, -0.2) is 32.1 Å². The number of methoxy groups -OCH3 is 2. The number of rotatable bonds is 7. The van der Waals surface area contributed by atoms with Crippen molar-refractivity contribution in [3.05, 3.63) is 94.3 Å². The maximum Gasteiger partial charge on any atom is 0.419 e. The number of hydrogen-bond acceptors (Lipinski definition) is 4. The first kappa shape index (κ1) is 30.0. The van der Waals surface area contributed by atoms with E-state index in [0.29, 0.717) is 36.8 Å². The average Bonchev–Trinajstić information content (AvgIpc) is 3.49. The van der Waals surface area contributed by atoms with E-state index in [1.54, 1.807) is 12.1 Å². The maximum atomic E-state index is 14.1. The molecular formula is C31H26F6N2O4. The minimum atomic E-state index is -4.98. The molecule has 2 aliphatic carbocycles. The van der Waals surface area contributed by atoms with Crippen LogP contribution in [0.1, 0.15) is 34.3 Å². The second-order valence-electron chi connectivity index (χ2n) is 10.4. The lowest BCUT2D eigenvalue weighted by Crippen LogP contribution is -2.48. The van der Waals surface area contributed by atoms with Gasteiger partial charge in [-0.2, -0.15) is 13.2 Å². The fourth-order valence-corrected chi connectivity index (χ4v) is 6.03. The Labute approximate surface area is 242 Å². The maximum absolute atomic E-state index is 14.1. The van der Waals surface area contributed by atoms with Crippen molar-refractivity contribution in [2.75, 3.05) is 19.5 Å². The van der Waals surface area contributed by atoms with Crippen LogP contribution in [0.4, 0.5) is 32.0 Å². The number of carbonyl (C=O) groups excluding carboxylic acids is 2. The lowest BCUT2D eigenvalue weighted by Gasteiger charge is -2.30. The molecule has 3 aromatic rings. The molecule has 2 aliphatic rings. The summed E-state index contributed by atoms with van der Waals surface area (Å²) in [6.45, 7) is 0. The molecule has 6 nitrogen and oxygen atoms in total. The first-order valence-electron chi connectivity index (χ1n) is 13.3. The zero-order chi connectivity index (χ0) is 31.1. The quantitative estimate of drug-likeness (QED) is 0.298. The van der Waals surface area contributed by atoms with Crippen molar-refractivity contribution >= 4 is 23.6 Å². The lowest BCUT2D eigenvalue weighted by molar-refractivity contribution is -0.140. The van der Waals surface area contributed by atoms with E-state index in [9.17, 15) is 35.9 Å². The molecule has 2 bridgehead atoms. The predicted octanol–water partition coefficient (Wildman–Crippen LogP) is 6.62. The molecule has 2 N–H and O–H groups in total. The Morgan fingerprint density at radius 3 is 2.19 bits per heavy atom. The van der Waals surface area contributed by atoms with Gasteiger partial charge in [0.2, 0.25) is 5.91 Å². The van der Waals surface area contributed by atoms with E-state index in [-0.39, 0.29) is 22.9 Å². The molecule has 5 rings (SSSR count). The van der Waals surface area contributed by atoms with Gasteiger partial charge in [-0.25, -0.2) is 13.2 Å². The van der Waals surface area contributed by atoms with Crippen molar-refractivity contribution in [1.29, 1.82) is 0 Å². The van der Waals surface area contributed by atoms with Crippen LogP contribution in [0, 0.1) is 35.2 Å². The lowest BCUT2D eigenvalue weighted by atomic mass is 9.83. The van der Waals surface area contributed by atoms with Gasteiger partial charge in [0, 0.05) is 23.7 Å². The topological polar surface area (TPSA) is 76.7 Å². The molecule has 0 radical (unpaired) electrons. The van der Waals surface area contributed by atoms with Crippen LogP contribution in [-0.2, 0) is 11.0 Å². The predicted molar refractivity (Wildman–Crippen MR) is 145 cm³/mol. The Kier molecular flexibility index (Phi) is 8.13. The second-order valence-corrected chi connectivity index (χ2v) is 10.4. The van der Waals surface area contributed by atoms with Crippen molar-refractivity contribution in [1.82, 2.24) is 5.32 Å². The fourth-order valence-electron chi connectivity index (χ4n) is 6.03. The highest BCUT2D eigenvalue weighted by molar-refractivity contribution is 5.99. The standard InChI is InChI=1S/C31H26F6N2O4/c1-42-17-6-3-15(4-7-17)11-20-18-8-9-19(20)28(39-29(40)21-13-24(33)25(34)14-26(21)43-2)27(18)30(41)38-16-5-10-23(32)22(12-16)31(35,36)37/h3-7,10-14,18-19,27-28H,8-9H2,1-2H3,(H,38,41)(H,39,40)/b20-11-/t18?,19?,27-,28+/m0/s1. The third-order valence-electron chi connectivity index (χ3n) is 7.97. The van der Waals surface area contributed by atoms with Gasteiger partial charge in [0.05, 0.1) is 31.3 Å². The normalized spacial score (nSPS) is 22.0. The van der Waals surface area contributed by atoms with Crippen LogP contribution in [0.15, 0.2) is 60.2 Å². The summed E-state index contributed by atoms with van der Waals surface area (Å²) in [5.41, 5.74) is -0.446. The van der Waals surface area contributed by atoms with Gasteiger partial charge in [0.25, 0.3) is 5.91 Å². The van der Waals surface area contributed by atoms with E-state index >= 15 is 0 Å². The number of carbonyl (C=O) groups is 2. The summed E-state index contributed by atoms with van der Waals surface area (Å²) < 4.78 is 91.9. The highest BCUT2D eigenvalue weighted by atomic mass is 19.4. The molecule has 2 amide bonds. The van der Waals surface area contributed by atoms with Gasteiger partial charge < -0.3 is 20.1 Å². The Balaban J connectivity index is 1.50. The molecule has 0 heterocycles. The van der Waals surface area contributed by atoms with Crippen molar-refractivity contribution in [3.63, 3.8) is 0 Å². The van der Waals surface area contributed by atoms with E-state index in [1.807, 2.05) is 18.2 Å². The van der Waals surface area contributed by atoms with E-state index in [1.165, 1.54) is 14.2 Å². The van der Waals surface area contributed by atoms with Gasteiger partial charge in [-0.15, -0.1) is 0 Å². The Hall–Kier alpha value is -4.48. The van der Waals surface area contributed by atoms with Crippen molar-refractivity contribution in [2.24, 2.45) is 17.8 Å². The zero-order valence-corrected chi connectivity index (χ0v) is 22.9. The first-order chi connectivity index (χ1) is 20.4. The Morgan fingerprint density at radius 2 is 1.53 bits per heavy atom. The second kappa shape index (κ2) is 11.7. The largest absolute Gasteiger partial charge is 0.497 e. The number of hydrogen-bond donors (Lipinski definition) is 2. The van der Waals surface area contributed by atoms with Gasteiger partial charge >= 0.3 is 6.18 Å². The molecule has 0 aromatic heterocycles. The monoisotopic (exact) mass is 604 g/mol. The third kappa shape index (κ3) is 5.91. The fraction of sp³-hybridized carbons (Fsp3) is 0.290. The minimum Gasteiger partial charge on any atom is -0.497 e. The van der Waals surface area contributed by atoms with Gasteiger partial charge in [0.1, 0.15) is 17.3 Å². The minimum absolute atomic E-state index is 0.222. The highest BCUT2D eigenvalue weighted by Gasteiger charge is 2.54. The molecule has 0 saturated heterocycles. The molecule has 12 heteroatoms.